The first-order chi connectivity index (χ1) is 4.68. The van der Waals surface area contributed by atoms with Crippen LogP contribution in [-0.2, 0) is 4.43 Å². The molecule has 0 aliphatic carbocycles. The summed E-state index contributed by atoms with van der Waals surface area (Å²) in [5, 5.41) is 0. The van der Waals surface area contributed by atoms with Crippen LogP contribution < -0.4 is 9.96 Å². The maximum atomic E-state index is 5.34. The van der Waals surface area contributed by atoms with E-state index in [1.807, 2.05) is 0 Å². The molecule has 0 unspecified atom stereocenters. The molecule has 4 heteroatoms. The summed E-state index contributed by atoms with van der Waals surface area (Å²) in [5.74, 6) is 0. The summed E-state index contributed by atoms with van der Waals surface area (Å²) >= 11 is 0. The Morgan fingerprint density at radius 3 is 1.80 bits per heavy atom. The molecule has 2 N–H and O–H groups in total. The lowest BCUT2D eigenvalue weighted by molar-refractivity contribution is 0.371. The molecular formula is C6H18N2OSi. The number of hydrogen-bond donors (Lipinski definition) is 2. The second kappa shape index (κ2) is 4.84. The predicted octanol–water partition coefficient (Wildman–Crippen LogP) is 0.420. The summed E-state index contributed by atoms with van der Waals surface area (Å²) in [5.41, 5.74) is 0. The fourth-order valence-electron chi connectivity index (χ4n) is 0.882. The molecule has 3 nitrogen and oxygen atoms in total. The van der Waals surface area contributed by atoms with E-state index >= 15 is 0 Å². The highest BCUT2D eigenvalue weighted by Crippen LogP contribution is 1.91. The van der Waals surface area contributed by atoms with Crippen LogP contribution in [0.15, 0.2) is 0 Å². The molecule has 0 atom stereocenters. The Morgan fingerprint density at radius 1 is 1.20 bits per heavy atom. The van der Waals surface area contributed by atoms with Crippen LogP contribution in [0.5, 0.6) is 0 Å². The minimum Gasteiger partial charge on any atom is -0.395 e. The molecule has 0 spiro atoms. The van der Waals surface area contributed by atoms with Crippen molar-refractivity contribution in [2.24, 2.45) is 0 Å². The summed E-state index contributed by atoms with van der Waals surface area (Å²) in [6, 6.07) is 0. The highest BCUT2D eigenvalue weighted by atomic mass is 28.4. The van der Waals surface area contributed by atoms with Gasteiger partial charge in [0, 0.05) is 7.11 Å². The Morgan fingerprint density at radius 2 is 1.60 bits per heavy atom. The van der Waals surface area contributed by atoms with Gasteiger partial charge < -0.3 is 14.4 Å². The first-order valence-electron chi connectivity index (χ1n) is 3.73. The van der Waals surface area contributed by atoms with Crippen molar-refractivity contribution in [3.8, 4) is 0 Å². The van der Waals surface area contributed by atoms with E-state index in [0.29, 0.717) is 0 Å². The van der Waals surface area contributed by atoms with Gasteiger partial charge in [-0.05, 0) is 19.6 Å². The second-order valence-electron chi connectivity index (χ2n) is 2.30. The molecule has 0 radical (unpaired) electrons. The number of nitrogens with one attached hydrogen (secondary N) is 2. The molecule has 0 saturated carbocycles. The molecule has 0 amide bonds. The third kappa shape index (κ3) is 3.31. The third-order valence-electron chi connectivity index (χ3n) is 1.44. The Hall–Kier alpha value is 0.0969. The van der Waals surface area contributed by atoms with E-state index in [1.54, 1.807) is 7.11 Å². The molecule has 0 aliphatic rings. The van der Waals surface area contributed by atoms with Gasteiger partial charge in [0.2, 0.25) is 0 Å². The zero-order chi connectivity index (χ0) is 8.04. The van der Waals surface area contributed by atoms with Gasteiger partial charge in [-0.25, -0.2) is 0 Å². The highest BCUT2D eigenvalue weighted by molar-refractivity contribution is 6.67. The van der Waals surface area contributed by atoms with Crippen LogP contribution in [0.3, 0.4) is 0 Å². The number of hydrogen-bond acceptors (Lipinski definition) is 3. The van der Waals surface area contributed by atoms with Crippen LogP contribution in [0, 0.1) is 0 Å². The van der Waals surface area contributed by atoms with Crippen LogP contribution in [0.1, 0.15) is 13.8 Å². The quantitative estimate of drug-likeness (QED) is 0.575. The van der Waals surface area contributed by atoms with Crippen molar-refractivity contribution >= 4 is 8.64 Å². The molecule has 0 aromatic carbocycles. The van der Waals surface area contributed by atoms with Gasteiger partial charge in [-0.2, -0.15) is 0 Å². The van der Waals surface area contributed by atoms with Gasteiger partial charge in [0.1, 0.15) is 0 Å². The average Bonchev–Trinajstić information content (AvgIpc) is 1.89. The lowest BCUT2D eigenvalue weighted by Gasteiger charge is -2.25. The highest BCUT2D eigenvalue weighted by Gasteiger charge is 2.25. The minimum absolute atomic E-state index is 0.962. The zero-order valence-electron chi connectivity index (χ0n) is 7.32. The summed E-state index contributed by atoms with van der Waals surface area (Å²) in [4.78, 5) is 6.63. The molecule has 62 valence electrons. The van der Waals surface area contributed by atoms with Crippen LogP contribution in [0.2, 0.25) is 6.55 Å². The van der Waals surface area contributed by atoms with Crippen molar-refractivity contribution in [2.45, 2.75) is 20.4 Å². The van der Waals surface area contributed by atoms with E-state index in [9.17, 15) is 0 Å². The molecular weight excluding hydrogens is 144 g/mol. The molecule has 0 aliphatic heterocycles. The molecule has 0 rings (SSSR count). The topological polar surface area (TPSA) is 33.3 Å². The van der Waals surface area contributed by atoms with Gasteiger partial charge in [0.25, 0.3) is 0 Å². The standard InChI is InChI=1S/C6H18N2OSi/c1-5-7-10(4,9-3)8-6-2/h7-8H,5-6H2,1-4H3. The average molecular weight is 162 g/mol. The van der Waals surface area contributed by atoms with Crippen molar-refractivity contribution in [1.82, 2.24) is 9.96 Å². The Bertz CT molecular complexity index is 83.8. The van der Waals surface area contributed by atoms with Crippen LogP contribution in [0.25, 0.3) is 0 Å². The van der Waals surface area contributed by atoms with E-state index in [4.69, 9.17) is 4.43 Å². The van der Waals surface area contributed by atoms with E-state index in [0.717, 1.165) is 13.1 Å². The monoisotopic (exact) mass is 162 g/mol. The van der Waals surface area contributed by atoms with Crippen molar-refractivity contribution in [3.63, 3.8) is 0 Å². The normalized spacial score (nSPS) is 12.0. The van der Waals surface area contributed by atoms with Crippen molar-refractivity contribution < 1.29 is 4.43 Å². The predicted molar refractivity (Wildman–Crippen MR) is 46.0 cm³/mol. The maximum absolute atomic E-state index is 5.34. The first-order valence-corrected chi connectivity index (χ1v) is 6.14. The molecule has 0 heterocycles. The maximum Gasteiger partial charge on any atom is 0.348 e. The number of rotatable bonds is 5. The van der Waals surface area contributed by atoms with Crippen molar-refractivity contribution in [1.29, 1.82) is 0 Å². The second-order valence-corrected chi connectivity index (χ2v) is 5.48. The first kappa shape index (κ1) is 10.1. The van der Waals surface area contributed by atoms with Crippen molar-refractivity contribution in [2.75, 3.05) is 20.2 Å². The summed E-state index contributed by atoms with van der Waals surface area (Å²) in [6.45, 7) is 8.20. The van der Waals surface area contributed by atoms with Gasteiger partial charge in [0.15, 0.2) is 0 Å². The smallest absolute Gasteiger partial charge is 0.348 e. The van der Waals surface area contributed by atoms with E-state index in [-0.39, 0.29) is 0 Å². The zero-order valence-corrected chi connectivity index (χ0v) is 8.32. The fraction of sp³-hybridized carbons (Fsp3) is 1.00. The Kier molecular flexibility index (Phi) is 4.89. The van der Waals surface area contributed by atoms with Gasteiger partial charge in [-0.1, -0.05) is 13.8 Å². The molecule has 0 aromatic heterocycles. The fourth-order valence-corrected chi connectivity index (χ4v) is 2.64. The molecule has 0 bridgehead atoms. The van der Waals surface area contributed by atoms with Crippen molar-refractivity contribution in [3.05, 3.63) is 0 Å². The summed E-state index contributed by atoms with van der Waals surface area (Å²) in [6.07, 6.45) is 0. The van der Waals surface area contributed by atoms with E-state index in [2.05, 4.69) is 30.4 Å². The summed E-state index contributed by atoms with van der Waals surface area (Å²) in [7, 11) is 0.0242. The van der Waals surface area contributed by atoms with Crippen LogP contribution >= 0.6 is 0 Å². The van der Waals surface area contributed by atoms with Gasteiger partial charge in [-0.3, -0.25) is 0 Å². The Balaban J connectivity index is 3.69. The largest absolute Gasteiger partial charge is 0.395 e. The van der Waals surface area contributed by atoms with Gasteiger partial charge in [-0.15, -0.1) is 0 Å². The lowest BCUT2D eigenvalue weighted by atomic mass is 10.8. The Labute approximate surface area is 64.4 Å². The minimum atomic E-state index is -1.72. The molecule has 0 saturated heterocycles. The molecule has 0 fully saturated rings. The van der Waals surface area contributed by atoms with Gasteiger partial charge in [0.05, 0.1) is 0 Å². The van der Waals surface area contributed by atoms with E-state index in [1.165, 1.54) is 0 Å². The van der Waals surface area contributed by atoms with Crippen LogP contribution in [-0.4, -0.2) is 28.8 Å². The van der Waals surface area contributed by atoms with E-state index < -0.39 is 8.64 Å². The summed E-state index contributed by atoms with van der Waals surface area (Å²) < 4.78 is 5.34. The molecule has 0 aromatic rings. The third-order valence-corrected chi connectivity index (χ3v) is 4.31. The van der Waals surface area contributed by atoms with Gasteiger partial charge >= 0.3 is 8.64 Å². The van der Waals surface area contributed by atoms with Crippen LogP contribution in [0.4, 0.5) is 0 Å². The lowest BCUT2D eigenvalue weighted by Crippen LogP contribution is -2.61. The SMILES string of the molecule is CCN[Si](C)(NCC)OC. The molecule has 10 heavy (non-hydrogen) atoms.